The SMILES string of the molecule is Cc1cc(C)cc(OCCNC(=O)Nc2ccc(C(F)(F)F)cc2)c1. The maximum Gasteiger partial charge on any atom is 0.416 e. The molecule has 2 aromatic rings. The molecule has 0 bridgehead atoms. The van der Waals surface area contributed by atoms with Gasteiger partial charge in [-0.1, -0.05) is 6.07 Å². The maximum absolute atomic E-state index is 12.5. The van der Waals surface area contributed by atoms with Gasteiger partial charge in [-0.25, -0.2) is 4.79 Å². The number of benzene rings is 2. The summed E-state index contributed by atoms with van der Waals surface area (Å²) in [5, 5.41) is 5.04. The number of rotatable bonds is 5. The van der Waals surface area contributed by atoms with Gasteiger partial charge >= 0.3 is 12.2 Å². The van der Waals surface area contributed by atoms with E-state index in [1.54, 1.807) is 0 Å². The highest BCUT2D eigenvalue weighted by Gasteiger charge is 2.29. The van der Waals surface area contributed by atoms with Gasteiger partial charge < -0.3 is 15.4 Å². The van der Waals surface area contributed by atoms with Gasteiger partial charge in [0, 0.05) is 5.69 Å². The standard InChI is InChI=1S/C18H19F3N2O2/c1-12-9-13(2)11-16(10-12)25-8-7-22-17(24)23-15-5-3-14(4-6-15)18(19,20)21/h3-6,9-11H,7-8H2,1-2H3,(H2,22,23,24). The summed E-state index contributed by atoms with van der Waals surface area (Å²) in [6.07, 6.45) is -4.40. The summed E-state index contributed by atoms with van der Waals surface area (Å²) in [5.41, 5.74) is 1.69. The van der Waals surface area contributed by atoms with Gasteiger partial charge in [-0.2, -0.15) is 13.2 Å². The van der Waals surface area contributed by atoms with Crippen LogP contribution < -0.4 is 15.4 Å². The molecule has 0 fully saturated rings. The van der Waals surface area contributed by atoms with Gasteiger partial charge in [0.05, 0.1) is 12.1 Å². The third-order valence-corrected chi connectivity index (χ3v) is 3.32. The summed E-state index contributed by atoms with van der Waals surface area (Å²) < 4.78 is 42.9. The van der Waals surface area contributed by atoms with E-state index in [0.717, 1.165) is 29.0 Å². The van der Waals surface area contributed by atoms with Crippen LogP contribution in [-0.2, 0) is 6.18 Å². The lowest BCUT2D eigenvalue weighted by Crippen LogP contribution is -2.32. The Balaban J connectivity index is 1.75. The normalized spacial score (nSPS) is 11.1. The molecular weight excluding hydrogens is 333 g/mol. The Hall–Kier alpha value is -2.70. The van der Waals surface area contributed by atoms with Gasteiger partial charge in [0.2, 0.25) is 0 Å². The van der Waals surface area contributed by atoms with Crippen LogP contribution in [-0.4, -0.2) is 19.2 Å². The van der Waals surface area contributed by atoms with E-state index in [0.29, 0.717) is 0 Å². The third-order valence-electron chi connectivity index (χ3n) is 3.32. The summed E-state index contributed by atoms with van der Waals surface area (Å²) >= 11 is 0. The molecule has 2 amide bonds. The fourth-order valence-corrected chi connectivity index (χ4v) is 2.27. The van der Waals surface area contributed by atoms with E-state index < -0.39 is 17.8 Å². The second-order valence-corrected chi connectivity index (χ2v) is 5.63. The van der Waals surface area contributed by atoms with Crippen LogP contribution in [0.4, 0.5) is 23.7 Å². The second-order valence-electron chi connectivity index (χ2n) is 5.63. The number of alkyl halides is 3. The maximum atomic E-state index is 12.5. The van der Waals surface area contributed by atoms with Crippen molar-refractivity contribution in [2.24, 2.45) is 0 Å². The van der Waals surface area contributed by atoms with E-state index in [4.69, 9.17) is 4.74 Å². The first-order valence-electron chi connectivity index (χ1n) is 7.67. The summed E-state index contributed by atoms with van der Waals surface area (Å²) in [6, 6.07) is 9.55. The van der Waals surface area contributed by atoms with Crippen LogP contribution in [0.2, 0.25) is 0 Å². The highest BCUT2D eigenvalue weighted by atomic mass is 19.4. The fraction of sp³-hybridized carbons (Fsp3) is 0.278. The van der Waals surface area contributed by atoms with Crippen LogP contribution in [0.5, 0.6) is 5.75 Å². The molecule has 0 heterocycles. The molecule has 0 saturated heterocycles. The van der Waals surface area contributed by atoms with E-state index in [1.807, 2.05) is 32.0 Å². The van der Waals surface area contributed by atoms with Crippen LogP contribution in [0.15, 0.2) is 42.5 Å². The zero-order valence-electron chi connectivity index (χ0n) is 13.9. The van der Waals surface area contributed by atoms with Crippen molar-refractivity contribution in [3.8, 4) is 5.75 Å². The number of hydrogen-bond acceptors (Lipinski definition) is 2. The van der Waals surface area contributed by atoms with E-state index in [9.17, 15) is 18.0 Å². The van der Waals surface area contributed by atoms with Crippen LogP contribution in [0, 0.1) is 13.8 Å². The largest absolute Gasteiger partial charge is 0.492 e. The predicted octanol–water partition coefficient (Wildman–Crippen LogP) is 4.52. The van der Waals surface area contributed by atoms with E-state index in [1.165, 1.54) is 12.1 Å². The predicted molar refractivity (Wildman–Crippen MR) is 89.9 cm³/mol. The number of aryl methyl sites for hydroxylation is 2. The molecule has 4 nitrogen and oxygen atoms in total. The Labute approximate surface area is 144 Å². The molecule has 0 aliphatic carbocycles. The topological polar surface area (TPSA) is 50.4 Å². The lowest BCUT2D eigenvalue weighted by molar-refractivity contribution is -0.137. The van der Waals surface area contributed by atoms with Crippen molar-refractivity contribution in [2.75, 3.05) is 18.5 Å². The van der Waals surface area contributed by atoms with Crippen molar-refractivity contribution in [1.82, 2.24) is 5.32 Å². The van der Waals surface area contributed by atoms with Crippen LogP contribution in [0.3, 0.4) is 0 Å². The highest BCUT2D eigenvalue weighted by molar-refractivity contribution is 5.89. The van der Waals surface area contributed by atoms with E-state index in [-0.39, 0.29) is 18.8 Å². The number of urea groups is 1. The van der Waals surface area contributed by atoms with Crippen molar-refractivity contribution in [3.63, 3.8) is 0 Å². The number of nitrogens with one attached hydrogen (secondary N) is 2. The van der Waals surface area contributed by atoms with Crippen LogP contribution in [0.25, 0.3) is 0 Å². The Morgan fingerprint density at radius 3 is 2.20 bits per heavy atom. The number of halogens is 3. The van der Waals surface area contributed by atoms with Crippen molar-refractivity contribution < 1.29 is 22.7 Å². The number of ether oxygens (including phenoxy) is 1. The van der Waals surface area contributed by atoms with Crippen molar-refractivity contribution >= 4 is 11.7 Å². The van der Waals surface area contributed by atoms with Crippen molar-refractivity contribution in [2.45, 2.75) is 20.0 Å². The minimum absolute atomic E-state index is 0.263. The van der Waals surface area contributed by atoms with Crippen LogP contribution in [0.1, 0.15) is 16.7 Å². The average Bonchev–Trinajstić information content (AvgIpc) is 2.50. The van der Waals surface area contributed by atoms with E-state index >= 15 is 0 Å². The Bertz CT molecular complexity index is 708. The lowest BCUT2D eigenvalue weighted by Gasteiger charge is -2.11. The Morgan fingerprint density at radius 1 is 1.04 bits per heavy atom. The van der Waals surface area contributed by atoms with Gasteiger partial charge in [-0.05, 0) is 61.4 Å². The van der Waals surface area contributed by atoms with Gasteiger partial charge in [0.1, 0.15) is 12.4 Å². The number of carbonyl (C=O) groups excluding carboxylic acids is 1. The number of carbonyl (C=O) groups is 1. The van der Waals surface area contributed by atoms with Gasteiger partial charge in [0.25, 0.3) is 0 Å². The average molecular weight is 352 g/mol. The molecule has 0 aromatic heterocycles. The quantitative estimate of drug-likeness (QED) is 0.777. The number of amides is 2. The molecule has 7 heteroatoms. The molecule has 0 atom stereocenters. The fourth-order valence-electron chi connectivity index (χ4n) is 2.27. The summed E-state index contributed by atoms with van der Waals surface area (Å²) in [4.78, 5) is 11.7. The first kappa shape index (κ1) is 18.6. The molecule has 0 aliphatic heterocycles. The molecule has 0 spiro atoms. The Kier molecular flexibility index (Phi) is 5.90. The van der Waals surface area contributed by atoms with Crippen LogP contribution >= 0.6 is 0 Å². The molecule has 0 unspecified atom stereocenters. The van der Waals surface area contributed by atoms with Gasteiger partial charge in [-0.15, -0.1) is 0 Å². The summed E-state index contributed by atoms with van der Waals surface area (Å²) in [6.45, 7) is 4.48. The summed E-state index contributed by atoms with van der Waals surface area (Å²) in [7, 11) is 0. The number of anilines is 1. The molecular formula is C18H19F3N2O2. The van der Waals surface area contributed by atoms with E-state index in [2.05, 4.69) is 10.6 Å². The van der Waals surface area contributed by atoms with Gasteiger partial charge in [0.15, 0.2) is 0 Å². The number of hydrogen-bond donors (Lipinski definition) is 2. The molecule has 0 aliphatic rings. The lowest BCUT2D eigenvalue weighted by atomic mass is 10.1. The molecule has 2 aromatic carbocycles. The zero-order valence-corrected chi connectivity index (χ0v) is 13.9. The third kappa shape index (κ3) is 6.02. The Morgan fingerprint density at radius 2 is 1.64 bits per heavy atom. The summed E-state index contributed by atoms with van der Waals surface area (Å²) in [5.74, 6) is 0.724. The van der Waals surface area contributed by atoms with Crippen molar-refractivity contribution in [3.05, 3.63) is 59.2 Å². The highest BCUT2D eigenvalue weighted by Crippen LogP contribution is 2.29. The second kappa shape index (κ2) is 7.92. The molecule has 2 rings (SSSR count). The minimum Gasteiger partial charge on any atom is -0.492 e. The van der Waals surface area contributed by atoms with Crippen molar-refractivity contribution in [1.29, 1.82) is 0 Å². The van der Waals surface area contributed by atoms with Gasteiger partial charge in [-0.3, -0.25) is 0 Å². The first-order valence-corrected chi connectivity index (χ1v) is 7.67. The minimum atomic E-state index is -4.40. The molecule has 134 valence electrons. The monoisotopic (exact) mass is 352 g/mol. The first-order chi connectivity index (χ1) is 11.7. The molecule has 2 N–H and O–H groups in total. The molecule has 0 radical (unpaired) electrons. The molecule has 0 saturated carbocycles. The smallest absolute Gasteiger partial charge is 0.416 e. The molecule has 25 heavy (non-hydrogen) atoms. The zero-order chi connectivity index (χ0) is 18.4.